The SMILES string of the molecule is CCC(Cc1sccc1Cl)Nc1ccnc(N)c1N. The number of nitrogen functional groups attached to an aromatic ring is 2. The van der Waals surface area contributed by atoms with Crippen LogP contribution in [0, 0.1) is 0 Å². The van der Waals surface area contributed by atoms with E-state index in [1.807, 2.05) is 17.5 Å². The Balaban J connectivity index is 2.11. The Labute approximate surface area is 121 Å². The summed E-state index contributed by atoms with van der Waals surface area (Å²) in [5, 5.41) is 6.24. The van der Waals surface area contributed by atoms with Crippen LogP contribution in [-0.2, 0) is 6.42 Å². The molecule has 0 aliphatic rings. The van der Waals surface area contributed by atoms with Crippen molar-refractivity contribution in [2.75, 3.05) is 16.8 Å². The predicted molar refractivity (Wildman–Crippen MR) is 83.8 cm³/mol. The Kier molecular flexibility index (Phi) is 4.50. The first-order chi connectivity index (χ1) is 9.11. The molecule has 4 nitrogen and oxygen atoms in total. The minimum Gasteiger partial charge on any atom is -0.394 e. The molecule has 0 aromatic carbocycles. The zero-order valence-electron chi connectivity index (χ0n) is 10.7. The van der Waals surface area contributed by atoms with Gasteiger partial charge >= 0.3 is 0 Å². The van der Waals surface area contributed by atoms with E-state index in [9.17, 15) is 0 Å². The Bertz CT molecular complexity index is 555. The lowest BCUT2D eigenvalue weighted by atomic mass is 10.1. The molecule has 6 heteroatoms. The summed E-state index contributed by atoms with van der Waals surface area (Å²) in [6.45, 7) is 2.12. The molecule has 2 rings (SSSR count). The highest BCUT2D eigenvalue weighted by Crippen LogP contribution is 2.27. The molecule has 0 radical (unpaired) electrons. The number of nitrogens with one attached hydrogen (secondary N) is 1. The van der Waals surface area contributed by atoms with Gasteiger partial charge < -0.3 is 16.8 Å². The maximum Gasteiger partial charge on any atom is 0.148 e. The highest BCUT2D eigenvalue weighted by molar-refractivity contribution is 7.10. The lowest BCUT2D eigenvalue weighted by molar-refractivity contribution is 0.697. The van der Waals surface area contributed by atoms with Gasteiger partial charge in [0.1, 0.15) is 5.82 Å². The Hall–Kier alpha value is -1.46. The van der Waals surface area contributed by atoms with Crippen LogP contribution in [0.5, 0.6) is 0 Å². The van der Waals surface area contributed by atoms with Crippen molar-refractivity contribution in [2.45, 2.75) is 25.8 Å². The van der Waals surface area contributed by atoms with Gasteiger partial charge in [0.05, 0.1) is 16.4 Å². The fourth-order valence-electron chi connectivity index (χ4n) is 1.83. The first-order valence-electron chi connectivity index (χ1n) is 6.10. The number of anilines is 3. The molecule has 0 amide bonds. The maximum absolute atomic E-state index is 6.13. The molecule has 2 aromatic rings. The van der Waals surface area contributed by atoms with Gasteiger partial charge in [-0.1, -0.05) is 18.5 Å². The molecule has 1 unspecified atom stereocenters. The summed E-state index contributed by atoms with van der Waals surface area (Å²) in [5.41, 5.74) is 12.9. The van der Waals surface area contributed by atoms with E-state index in [1.54, 1.807) is 17.5 Å². The van der Waals surface area contributed by atoms with E-state index < -0.39 is 0 Å². The Morgan fingerprint density at radius 3 is 2.84 bits per heavy atom. The zero-order chi connectivity index (χ0) is 13.8. The van der Waals surface area contributed by atoms with E-state index in [-0.39, 0.29) is 6.04 Å². The summed E-state index contributed by atoms with van der Waals surface area (Å²) in [5.74, 6) is 0.356. The van der Waals surface area contributed by atoms with Gasteiger partial charge in [-0.15, -0.1) is 11.3 Å². The molecule has 0 saturated heterocycles. The largest absolute Gasteiger partial charge is 0.394 e. The number of aromatic nitrogens is 1. The molecule has 2 heterocycles. The van der Waals surface area contributed by atoms with Gasteiger partial charge in [0.15, 0.2) is 0 Å². The molecule has 1 atom stereocenters. The van der Waals surface area contributed by atoms with Gasteiger partial charge in [0, 0.05) is 23.5 Å². The van der Waals surface area contributed by atoms with Crippen LogP contribution in [-0.4, -0.2) is 11.0 Å². The maximum atomic E-state index is 6.13. The average molecular weight is 297 g/mol. The normalized spacial score (nSPS) is 12.3. The summed E-state index contributed by atoms with van der Waals surface area (Å²) in [6.07, 6.45) is 3.49. The van der Waals surface area contributed by atoms with Crippen molar-refractivity contribution in [3.63, 3.8) is 0 Å². The Morgan fingerprint density at radius 2 is 2.21 bits per heavy atom. The summed E-state index contributed by atoms with van der Waals surface area (Å²) >= 11 is 7.80. The van der Waals surface area contributed by atoms with E-state index >= 15 is 0 Å². The lowest BCUT2D eigenvalue weighted by Crippen LogP contribution is -2.22. The second-order valence-corrected chi connectivity index (χ2v) is 5.71. The van der Waals surface area contributed by atoms with Gasteiger partial charge in [-0.3, -0.25) is 0 Å². The third-order valence-corrected chi connectivity index (χ3v) is 4.41. The summed E-state index contributed by atoms with van der Waals surface area (Å²) in [6, 6.07) is 4.03. The van der Waals surface area contributed by atoms with Crippen molar-refractivity contribution in [1.82, 2.24) is 4.98 Å². The molecule has 0 aliphatic heterocycles. The molecule has 5 N–H and O–H groups in total. The van der Waals surface area contributed by atoms with Crippen LogP contribution >= 0.6 is 22.9 Å². The molecule has 0 saturated carbocycles. The minimum absolute atomic E-state index is 0.264. The molecular weight excluding hydrogens is 280 g/mol. The second kappa shape index (κ2) is 6.12. The molecule has 0 aliphatic carbocycles. The summed E-state index contributed by atoms with van der Waals surface area (Å²) in [4.78, 5) is 5.14. The van der Waals surface area contributed by atoms with E-state index in [4.69, 9.17) is 23.1 Å². The van der Waals surface area contributed by atoms with Crippen molar-refractivity contribution >= 4 is 40.1 Å². The van der Waals surface area contributed by atoms with Crippen molar-refractivity contribution in [1.29, 1.82) is 0 Å². The number of rotatable bonds is 5. The highest BCUT2D eigenvalue weighted by Gasteiger charge is 2.13. The fraction of sp³-hybridized carbons (Fsp3) is 0.308. The van der Waals surface area contributed by atoms with Crippen molar-refractivity contribution in [2.24, 2.45) is 0 Å². The molecule has 102 valence electrons. The third-order valence-electron chi connectivity index (χ3n) is 3.00. The van der Waals surface area contributed by atoms with Gasteiger partial charge in [-0.05, 0) is 23.9 Å². The second-order valence-electron chi connectivity index (χ2n) is 4.30. The van der Waals surface area contributed by atoms with Crippen LogP contribution in [0.15, 0.2) is 23.7 Å². The summed E-state index contributed by atoms with van der Waals surface area (Å²) < 4.78 is 0. The molecule has 19 heavy (non-hydrogen) atoms. The predicted octanol–water partition coefficient (Wildman–Crippen LogP) is 3.39. The van der Waals surface area contributed by atoms with E-state index in [0.29, 0.717) is 11.5 Å². The quantitative estimate of drug-likeness (QED) is 0.790. The number of hydrogen-bond acceptors (Lipinski definition) is 5. The van der Waals surface area contributed by atoms with Crippen molar-refractivity contribution in [3.05, 3.63) is 33.6 Å². The van der Waals surface area contributed by atoms with Crippen LogP contribution in [0.4, 0.5) is 17.2 Å². The van der Waals surface area contributed by atoms with Gasteiger partial charge in [-0.2, -0.15) is 0 Å². The zero-order valence-corrected chi connectivity index (χ0v) is 12.3. The van der Waals surface area contributed by atoms with Crippen LogP contribution in [0.25, 0.3) is 0 Å². The molecule has 2 aromatic heterocycles. The van der Waals surface area contributed by atoms with Crippen molar-refractivity contribution in [3.8, 4) is 0 Å². The van der Waals surface area contributed by atoms with E-state index in [0.717, 1.165) is 23.6 Å². The summed E-state index contributed by atoms with van der Waals surface area (Å²) in [7, 11) is 0. The van der Waals surface area contributed by atoms with Crippen LogP contribution in [0.1, 0.15) is 18.2 Å². The van der Waals surface area contributed by atoms with Crippen LogP contribution in [0.3, 0.4) is 0 Å². The lowest BCUT2D eigenvalue weighted by Gasteiger charge is -2.19. The third kappa shape index (κ3) is 3.30. The van der Waals surface area contributed by atoms with Crippen molar-refractivity contribution < 1.29 is 0 Å². The fourth-order valence-corrected chi connectivity index (χ4v) is 3.02. The number of thiophene rings is 1. The number of pyridine rings is 1. The van der Waals surface area contributed by atoms with E-state index in [1.165, 1.54) is 4.88 Å². The van der Waals surface area contributed by atoms with Crippen LogP contribution < -0.4 is 16.8 Å². The number of nitrogens with zero attached hydrogens (tertiary/aromatic N) is 1. The molecular formula is C13H17ClN4S. The van der Waals surface area contributed by atoms with Gasteiger partial charge in [0.2, 0.25) is 0 Å². The minimum atomic E-state index is 0.264. The van der Waals surface area contributed by atoms with Gasteiger partial charge in [0.25, 0.3) is 0 Å². The smallest absolute Gasteiger partial charge is 0.148 e. The first-order valence-corrected chi connectivity index (χ1v) is 7.36. The standard InChI is InChI=1S/C13H17ClN4S/c1-2-8(7-11-9(14)4-6-19-11)18-10-3-5-17-13(16)12(10)15/h3-6,8H,2,7,15H2,1H3,(H3,16,17,18). The topological polar surface area (TPSA) is 77.0 Å². The number of hydrogen-bond donors (Lipinski definition) is 3. The first kappa shape index (κ1) is 14.0. The van der Waals surface area contributed by atoms with Gasteiger partial charge in [-0.25, -0.2) is 4.98 Å². The molecule has 0 spiro atoms. The van der Waals surface area contributed by atoms with Crippen LogP contribution in [0.2, 0.25) is 5.02 Å². The molecule has 0 fully saturated rings. The molecule has 0 bridgehead atoms. The number of halogens is 1. The monoisotopic (exact) mass is 296 g/mol. The number of nitrogens with two attached hydrogens (primary N) is 2. The Morgan fingerprint density at radius 1 is 1.42 bits per heavy atom. The average Bonchev–Trinajstić information content (AvgIpc) is 2.79. The highest BCUT2D eigenvalue weighted by atomic mass is 35.5. The van der Waals surface area contributed by atoms with E-state index in [2.05, 4.69) is 17.2 Å².